The molecule has 2 saturated heterocycles. The second-order valence-corrected chi connectivity index (χ2v) is 10.5. The van der Waals surface area contributed by atoms with Gasteiger partial charge in [-0.05, 0) is 75.1 Å². The van der Waals surface area contributed by atoms with E-state index < -0.39 is 0 Å². The van der Waals surface area contributed by atoms with Gasteiger partial charge in [0.1, 0.15) is 30.0 Å². The summed E-state index contributed by atoms with van der Waals surface area (Å²) in [5.41, 5.74) is 3.13. The molecule has 1 N–H and O–H groups in total. The molecule has 0 unspecified atom stereocenters. The number of carbonyl (C=O) groups is 1. The molecule has 218 valence electrons. The van der Waals surface area contributed by atoms with Gasteiger partial charge in [-0.25, -0.2) is 4.98 Å². The zero-order chi connectivity index (χ0) is 26.5. The number of nitrogens with zero attached hydrogens (tertiary/aromatic N) is 4. The number of hydrogen-bond acceptors (Lipinski definition) is 5. The molecule has 0 radical (unpaired) electrons. The number of amides is 1. The number of aromatic nitrogens is 2. The summed E-state index contributed by atoms with van der Waals surface area (Å²) in [6.07, 6.45) is 5.91. The van der Waals surface area contributed by atoms with Gasteiger partial charge in [0.25, 0.3) is 0 Å². The minimum absolute atomic E-state index is 0. The quantitative estimate of drug-likeness (QED) is 0.257. The molecule has 5 rings (SSSR count). The Balaban J connectivity index is 0.00000220. The number of piperidine rings is 2. The van der Waals surface area contributed by atoms with Crippen LogP contribution in [0.1, 0.15) is 56.8 Å². The van der Waals surface area contributed by atoms with Gasteiger partial charge in [0, 0.05) is 52.0 Å². The Hall–Kier alpha value is -2.97. The molecule has 3 heterocycles. The molecule has 40 heavy (non-hydrogen) atoms. The summed E-state index contributed by atoms with van der Waals surface area (Å²) in [6.45, 7) is 8.31. The number of fused-ring (bicyclic) bond motifs is 1. The summed E-state index contributed by atoms with van der Waals surface area (Å²) in [6, 6.07) is 14.0. The van der Waals surface area contributed by atoms with Crippen molar-refractivity contribution in [3.63, 3.8) is 0 Å². The monoisotopic (exact) mass is 589 g/mol. The van der Waals surface area contributed by atoms with Gasteiger partial charge in [-0.3, -0.25) is 10.2 Å². The van der Waals surface area contributed by atoms with E-state index in [-0.39, 0.29) is 36.8 Å². The van der Waals surface area contributed by atoms with Crippen LogP contribution in [-0.4, -0.2) is 63.4 Å². The van der Waals surface area contributed by atoms with Crippen molar-refractivity contribution in [2.24, 2.45) is 0 Å². The summed E-state index contributed by atoms with van der Waals surface area (Å²) in [5.74, 6) is 3.26. The van der Waals surface area contributed by atoms with Crippen LogP contribution in [0.25, 0.3) is 11.0 Å². The Bertz CT molecular complexity index is 1270. The molecule has 1 amide bonds. The summed E-state index contributed by atoms with van der Waals surface area (Å²) in [4.78, 5) is 21.8. The van der Waals surface area contributed by atoms with Crippen LogP contribution in [0.4, 0.5) is 0 Å². The lowest BCUT2D eigenvalue weighted by Crippen LogP contribution is -2.40. The van der Waals surface area contributed by atoms with Crippen LogP contribution in [0, 0.1) is 12.3 Å². The van der Waals surface area contributed by atoms with Crippen molar-refractivity contribution in [2.45, 2.75) is 71.6 Å². The van der Waals surface area contributed by atoms with Crippen molar-refractivity contribution < 1.29 is 14.3 Å². The topological polar surface area (TPSA) is 83.7 Å². The van der Waals surface area contributed by atoms with Crippen molar-refractivity contribution in [3.05, 3.63) is 53.9 Å². The molecule has 2 aliphatic heterocycles. The van der Waals surface area contributed by atoms with Crippen LogP contribution in [0.2, 0.25) is 0 Å². The number of nitrogens with one attached hydrogen (secondary N) is 1. The molecule has 1 aromatic heterocycles. The molecular formula is C30H41Cl2N5O3. The number of carbonyl (C=O) groups excluding carboxylic acids is 1. The van der Waals surface area contributed by atoms with Gasteiger partial charge >= 0.3 is 0 Å². The normalized spacial score (nSPS) is 15.8. The Morgan fingerprint density at radius 2 is 1.62 bits per heavy atom. The van der Waals surface area contributed by atoms with E-state index in [0.717, 1.165) is 85.8 Å². The lowest BCUT2D eigenvalue weighted by atomic mass is 10.1. The number of likely N-dealkylation sites (tertiary alicyclic amines) is 2. The Labute approximate surface area is 249 Å². The third kappa shape index (κ3) is 7.82. The van der Waals surface area contributed by atoms with E-state index in [2.05, 4.69) is 34.6 Å². The van der Waals surface area contributed by atoms with Gasteiger partial charge in [-0.2, -0.15) is 0 Å². The smallest absolute Gasteiger partial charge is 0.224 e. The maximum atomic E-state index is 12.8. The van der Waals surface area contributed by atoms with E-state index in [1.54, 1.807) is 0 Å². The van der Waals surface area contributed by atoms with Crippen LogP contribution >= 0.6 is 24.8 Å². The zero-order valence-corrected chi connectivity index (χ0v) is 25.1. The molecular weight excluding hydrogens is 549 g/mol. The van der Waals surface area contributed by atoms with E-state index >= 15 is 0 Å². The summed E-state index contributed by atoms with van der Waals surface area (Å²) < 4.78 is 14.4. The Kier molecular flexibility index (Phi) is 11.5. The molecule has 2 aromatic carbocycles. The fourth-order valence-corrected chi connectivity index (χ4v) is 5.42. The maximum Gasteiger partial charge on any atom is 0.224 e. The number of rotatable bonds is 8. The molecule has 3 aromatic rings. The minimum Gasteiger partial charge on any atom is -0.490 e. The number of aryl methyl sites for hydroxylation is 2. The summed E-state index contributed by atoms with van der Waals surface area (Å²) in [7, 11) is 0. The van der Waals surface area contributed by atoms with E-state index in [1.165, 1.54) is 6.42 Å². The van der Waals surface area contributed by atoms with Crippen molar-refractivity contribution in [2.75, 3.05) is 26.2 Å². The van der Waals surface area contributed by atoms with Gasteiger partial charge in [-0.1, -0.05) is 6.07 Å². The minimum atomic E-state index is 0. The van der Waals surface area contributed by atoms with Crippen LogP contribution in [-0.2, 0) is 17.9 Å². The van der Waals surface area contributed by atoms with Crippen LogP contribution in [0.5, 0.6) is 11.5 Å². The number of halogens is 2. The van der Waals surface area contributed by atoms with Crippen molar-refractivity contribution in [1.29, 1.82) is 5.41 Å². The highest BCUT2D eigenvalue weighted by molar-refractivity contribution is 5.85. The van der Waals surface area contributed by atoms with Crippen LogP contribution < -0.4 is 9.47 Å². The van der Waals surface area contributed by atoms with E-state index in [1.807, 2.05) is 36.1 Å². The van der Waals surface area contributed by atoms with E-state index in [9.17, 15) is 4.79 Å². The summed E-state index contributed by atoms with van der Waals surface area (Å²) >= 11 is 0. The van der Waals surface area contributed by atoms with Crippen molar-refractivity contribution >= 4 is 47.6 Å². The van der Waals surface area contributed by atoms with Gasteiger partial charge < -0.3 is 23.8 Å². The lowest BCUT2D eigenvalue weighted by molar-refractivity contribution is -0.132. The molecule has 0 bridgehead atoms. The standard InChI is InChI=1S/C30H39N5O3.2ClH/c1-22-6-11-28-27(20-22)32-29(35(28)19-14-30(36)34-15-4-3-5-16-34)21-37-24-7-9-25(10-8-24)38-26-12-17-33(18-13-26)23(2)31;;/h6-11,20,26,31H,3-5,12-19,21H2,1-2H3;2*1H. The molecule has 10 heteroatoms. The Morgan fingerprint density at radius 1 is 0.950 bits per heavy atom. The van der Waals surface area contributed by atoms with Crippen molar-refractivity contribution in [3.8, 4) is 11.5 Å². The Morgan fingerprint density at radius 3 is 2.30 bits per heavy atom. The fraction of sp³-hybridized carbons (Fsp3) is 0.500. The predicted octanol–water partition coefficient (Wildman–Crippen LogP) is 6.01. The molecule has 0 spiro atoms. The van der Waals surface area contributed by atoms with E-state index in [0.29, 0.717) is 25.4 Å². The molecule has 0 aliphatic carbocycles. The van der Waals surface area contributed by atoms with E-state index in [4.69, 9.17) is 19.9 Å². The summed E-state index contributed by atoms with van der Waals surface area (Å²) in [5, 5.41) is 7.79. The van der Waals surface area contributed by atoms with Crippen molar-refractivity contribution in [1.82, 2.24) is 19.4 Å². The van der Waals surface area contributed by atoms with Crippen LogP contribution in [0.3, 0.4) is 0 Å². The second-order valence-electron chi connectivity index (χ2n) is 10.5. The zero-order valence-electron chi connectivity index (χ0n) is 23.4. The van der Waals surface area contributed by atoms with Gasteiger partial charge in [0.15, 0.2) is 0 Å². The third-order valence-electron chi connectivity index (χ3n) is 7.65. The van der Waals surface area contributed by atoms with Gasteiger partial charge in [0.2, 0.25) is 5.91 Å². The van der Waals surface area contributed by atoms with Gasteiger partial charge in [0.05, 0.1) is 16.9 Å². The SMILES string of the molecule is CC(=N)N1CCC(Oc2ccc(OCc3nc4cc(C)ccc4n3CCC(=O)N3CCCCC3)cc2)CC1.Cl.Cl. The lowest BCUT2D eigenvalue weighted by Gasteiger charge is -2.32. The predicted molar refractivity (Wildman–Crippen MR) is 163 cm³/mol. The first-order valence-corrected chi connectivity index (χ1v) is 13.9. The average molecular weight is 591 g/mol. The number of benzene rings is 2. The first-order valence-electron chi connectivity index (χ1n) is 13.9. The number of imidazole rings is 1. The second kappa shape index (κ2) is 14.6. The molecule has 0 atom stereocenters. The first kappa shape index (κ1) is 31.6. The number of amidine groups is 1. The third-order valence-corrected chi connectivity index (χ3v) is 7.65. The van der Waals surface area contributed by atoms with Gasteiger partial charge in [-0.15, -0.1) is 24.8 Å². The molecule has 2 fully saturated rings. The largest absolute Gasteiger partial charge is 0.490 e. The number of hydrogen-bond donors (Lipinski definition) is 1. The average Bonchev–Trinajstić information content (AvgIpc) is 3.28. The molecule has 0 saturated carbocycles. The highest BCUT2D eigenvalue weighted by atomic mass is 35.5. The maximum absolute atomic E-state index is 12.8. The fourth-order valence-electron chi connectivity index (χ4n) is 5.42. The van der Waals surface area contributed by atoms with Crippen LogP contribution in [0.15, 0.2) is 42.5 Å². The number of ether oxygens (including phenoxy) is 2. The molecule has 8 nitrogen and oxygen atoms in total. The highest BCUT2D eigenvalue weighted by Gasteiger charge is 2.21. The first-order chi connectivity index (χ1) is 18.5. The highest BCUT2D eigenvalue weighted by Crippen LogP contribution is 2.24. The molecule has 2 aliphatic rings.